The van der Waals surface area contributed by atoms with Gasteiger partial charge < -0.3 is 9.15 Å². The molecule has 0 saturated heterocycles. The summed E-state index contributed by atoms with van der Waals surface area (Å²) in [6, 6.07) is 4.27. The molecule has 94 valence electrons. The lowest BCUT2D eigenvalue weighted by molar-refractivity contribution is -0.137. The second-order valence-electron chi connectivity index (χ2n) is 3.72. The van der Waals surface area contributed by atoms with Gasteiger partial charge in [0.25, 0.3) is 0 Å². The number of aryl methyl sites for hydroxylation is 1. The molecular formula is C13H11FO4. The normalized spacial score (nSPS) is 10.6. The summed E-state index contributed by atoms with van der Waals surface area (Å²) < 4.78 is 23.4. The Labute approximate surface area is 102 Å². The predicted molar refractivity (Wildman–Crippen MR) is 61.9 cm³/mol. The standard InChI is InChI=1S/C13H11FO4/c1-3-17-13(16)11(15)12-7(2)10-8(14)5-4-6-9(10)18-12/h4-6H,3H2,1-2H3. The topological polar surface area (TPSA) is 56.5 Å². The van der Waals surface area contributed by atoms with Gasteiger partial charge in [-0.3, -0.25) is 4.79 Å². The molecule has 0 unspecified atom stereocenters. The summed E-state index contributed by atoms with van der Waals surface area (Å²) in [5.41, 5.74) is 0.543. The van der Waals surface area contributed by atoms with Gasteiger partial charge in [0.2, 0.25) is 0 Å². The Kier molecular flexibility index (Phi) is 3.14. The van der Waals surface area contributed by atoms with E-state index >= 15 is 0 Å². The first kappa shape index (κ1) is 12.3. The summed E-state index contributed by atoms with van der Waals surface area (Å²) in [6.45, 7) is 3.22. The van der Waals surface area contributed by atoms with Gasteiger partial charge in [-0.05, 0) is 26.0 Å². The molecule has 4 nitrogen and oxygen atoms in total. The van der Waals surface area contributed by atoms with Crippen molar-refractivity contribution in [3.63, 3.8) is 0 Å². The maximum absolute atomic E-state index is 13.6. The number of hydrogen-bond donors (Lipinski definition) is 0. The van der Waals surface area contributed by atoms with Crippen LogP contribution in [0.4, 0.5) is 4.39 Å². The van der Waals surface area contributed by atoms with Crippen LogP contribution in [0.1, 0.15) is 23.0 Å². The van der Waals surface area contributed by atoms with Crippen LogP contribution < -0.4 is 0 Å². The minimum absolute atomic E-state index is 0.0954. The fourth-order valence-corrected chi connectivity index (χ4v) is 1.76. The smallest absolute Gasteiger partial charge is 0.383 e. The molecule has 1 heterocycles. The number of esters is 1. The molecule has 2 rings (SSSR count). The number of rotatable bonds is 3. The number of carbonyl (C=O) groups is 2. The third kappa shape index (κ3) is 1.88. The molecule has 0 radical (unpaired) electrons. The molecule has 0 aliphatic carbocycles. The quantitative estimate of drug-likeness (QED) is 0.477. The van der Waals surface area contributed by atoms with Crippen molar-refractivity contribution in [2.45, 2.75) is 13.8 Å². The summed E-state index contributed by atoms with van der Waals surface area (Å²) in [5, 5.41) is 0.213. The molecule has 0 spiro atoms. The molecule has 1 aromatic carbocycles. The van der Waals surface area contributed by atoms with Crippen molar-refractivity contribution in [2.24, 2.45) is 0 Å². The predicted octanol–water partition coefficient (Wildman–Crippen LogP) is 2.63. The molecule has 0 aliphatic rings. The van der Waals surface area contributed by atoms with Gasteiger partial charge in [-0.1, -0.05) is 6.07 Å². The van der Waals surface area contributed by atoms with Gasteiger partial charge >= 0.3 is 11.8 Å². The summed E-state index contributed by atoms with van der Waals surface area (Å²) in [4.78, 5) is 23.1. The number of furan rings is 1. The highest BCUT2D eigenvalue weighted by atomic mass is 19.1. The molecule has 18 heavy (non-hydrogen) atoms. The van der Waals surface area contributed by atoms with Gasteiger partial charge in [0, 0.05) is 5.56 Å². The lowest BCUT2D eigenvalue weighted by atomic mass is 10.1. The Morgan fingerprint density at radius 3 is 2.72 bits per heavy atom. The Morgan fingerprint density at radius 1 is 1.39 bits per heavy atom. The van der Waals surface area contributed by atoms with Crippen LogP contribution in [0.15, 0.2) is 22.6 Å². The summed E-state index contributed by atoms with van der Waals surface area (Å²) in [6.07, 6.45) is 0. The number of ketones is 1. The highest BCUT2D eigenvalue weighted by molar-refractivity contribution is 6.40. The Bertz CT molecular complexity index is 627. The van der Waals surface area contributed by atoms with Crippen LogP contribution in [0, 0.1) is 12.7 Å². The van der Waals surface area contributed by atoms with E-state index in [4.69, 9.17) is 4.42 Å². The van der Waals surface area contributed by atoms with Crippen LogP contribution in [-0.2, 0) is 9.53 Å². The van der Waals surface area contributed by atoms with E-state index in [1.807, 2.05) is 0 Å². The lowest BCUT2D eigenvalue weighted by Gasteiger charge is -1.98. The van der Waals surface area contributed by atoms with Crippen LogP contribution in [0.2, 0.25) is 0 Å². The van der Waals surface area contributed by atoms with Crippen LogP contribution >= 0.6 is 0 Å². The van der Waals surface area contributed by atoms with Gasteiger partial charge in [-0.2, -0.15) is 0 Å². The lowest BCUT2D eigenvalue weighted by Crippen LogP contribution is -2.17. The van der Waals surface area contributed by atoms with Crippen molar-refractivity contribution in [3.8, 4) is 0 Å². The number of carbonyl (C=O) groups excluding carboxylic acids is 2. The summed E-state index contributed by atoms with van der Waals surface area (Å²) >= 11 is 0. The number of ether oxygens (including phenoxy) is 1. The van der Waals surface area contributed by atoms with Crippen molar-refractivity contribution < 1.29 is 23.1 Å². The third-order valence-corrected chi connectivity index (χ3v) is 2.57. The van der Waals surface area contributed by atoms with E-state index in [-0.39, 0.29) is 23.3 Å². The molecule has 0 N–H and O–H groups in total. The largest absolute Gasteiger partial charge is 0.460 e. The zero-order chi connectivity index (χ0) is 13.3. The van der Waals surface area contributed by atoms with E-state index in [0.717, 1.165) is 0 Å². The zero-order valence-electron chi connectivity index (χ0n) is 9.95. The van der Waals surface area contributed by atoms with Gasteiger partial charge in [-0.15, -0.1) is 0 Å². The second-order valence-corrected chi connectivity index (χ2v) is 3.72. The molecular weight excluding hydrogens is 239 g/mol. The zero-order valence-corrected chi connectivity index (χ0v) is 9.95. The van der Waals surface area contributed by atoms with E-state index < -0.39 is 17.6 Å². The highest BCUT2D eigenvalue weighted by Crippen LogP contribution is 2.27. The first-order valence-electron chi connectivity index (χ1n) is 5.45. The number of benzene rings is 1. The van der Waals surface area contributed by atoms with Crippen LogP contribution in [-0.4, -0.2) is 18.4 Å². The Hall–Kier alpha value is -2.17. The molecule has 1 aromatic heterocycles. The molecule has 0 saturated carbocycles. The minimum Gasteiger partial charge on any atom is -0.460 e. The fraction of sp³-hybridized carbons (Fsp3) is 0.231. The molecule has 2 aromatic rings. The van der Waals surface area contributed by atoms with Gasteiger partial charge in [-0.25, -0.2) is 9.18 Å². The highest BCUT2D eigenvalue weighted by Gasteiger charge is 2.26. The molecule has 0 bridgehead atoms. The summed E-state index contributed by atoms with van der Waals surface area (Å²) in [7, 11) is 0. The van der Waals surface area contributed by atoms with Crippen molar-refractivity contribution in [2.75, 3.05) is 6.61 Å². The van der Waals surface area contributed by atoms with Crippen molar-refractivity contribution in [1.29, 1.82) is 0 Å². The maximum Gasteiger partial charge on any atom is 0.383 e. The Morgan fingerprint density at radius 2 is 2.11 bits per heavy atom. The summed E-state index contributed by atoms with van der Waals surface area (Å²) in [5.74, 6) is -2.56. The average Bonchev–Trinajstić information content (AvgIpc) is 2.67. The molecule has 0 fully saturated rings. The van der Waals surface area contributed by atoms with Crippen LogP contribution in [0.25, 0.3) is 11.0 Å². The van der Waals surface area contributed by atoms with Gasteiger partial charge in [0.1, 0.15) is 11.4 Å². The monoisotopic (exact) mass is 250 g/mol. The fourth-order valence-electron chi connectivity index (χ4n) is 1.76. The third-order valence-electron chi connectivity index (χ3n) is 2.57. The first-order valence-corrected chi connectivity index (χ1v) is 5.45. The number of hydrogen-bond acceptors (Lipinski definition) is 4. The van der Waals surface area contributed by atoms with E-state index in [2.05, 4.69) is 4.74 Å². The van der Waals surface area contributed by atoms with E-state index in [1.165, 1.54) is 25.1 Å². The SMILES string of the molecule is CCOC(=O)C(=O)c1oc2cccc(F)c2c1C. The number of Topliss-reactive ketones (excluding diaryl/α,β-unsaturated/α-hetero) is 1. The number of halogens is 1. The van der Waals surface area contributed by atoms with E-state index in [1.54, 1.807) is 6.92 Å². The first-order chi connectivity index (χ1) is 8.56. The Balaban J connectivity index is 2.53. The van der Waals surface area contributed by atoms with E-state index in [0.29, 0.717) is 5.56 Å². The van der Waals surface area contributed by atoms with Crippen LogP contribution in [0.5, 0.6) is 0 Å². The molecule has 0 aliphatic heterocycles. The molecule has 5 heteroatoms. The molecule has 0 amide bonds. The second kappa shape index (κ2) is 4.60. The van der Waals surface area contributed by atoms with Crippen molar-refractivity contribution in [1.82, 2.24) is 0 Å². The van der Waals surface area contributed by atoms with Gasteiger partial charge in [0.15, 0.2) is 5.76 Å². The van der Waals surface area contributed by atoms with Gasteiger partial charge in [0.05, 0.1) is 12.0 Å². The molecule has 0 atom stereocenters. The minimum atomic E-state index is -1.000. The van der Waals surface area contributed by atoms with E-state index in [9.17, 15) is 14.0 Å². The van der Waals surface area contributed by atoms with Crippen molar-refractivity contribution >= 4 is 22.7 Å². The van der Waals surface area contributed by atoms with Crippen LogP contribution in [0.3, 0.4) is 0 Å². The maximum atomic E-state index is 13.6. The number of fused-ring (bicyclic) bond motifs is 1. The average molecular weight is 250 g/mol. The van der Waals surface area contributed by atoms with Crippen molar-refractivity contribution in [3.05, 3.63) is 35.3 Å².